The Labute approximate surface area is 187 Å². The minimum atomic E-state index is -0.592. The molecule has 4 heterocycles. The highest BCUT2D eigenvalue weighted by Gasteiger charge is 2.29. The highest BCUT2D eigenvalue weighted by Crippen LogP contribution is 2.34. The van der Waals surface area contributed by atoms with Gasteiger partial charge in [-0.05, 0) is 47.9 Å². The van der Waals surface area contributed by atoms with Crippen LogP contribution in [0.5, 0.6) is 5.88 Å². The van der Waals surface area contributed by atoms with Gasteiger partial charge in [0, 0.05) is 55.4 Å². The van der Waals surface area contributed by atoms with E-state index in [1.54, 1.807) is 19.4 Å². The molecule has 2 atom stereocenters. The molecular formula is C23H28N6O3. The molecule has 9 nitrogen and oxygen atoms in total. The van der Waals surface area contributed by atoms with Crippen molar-refractivity contribution in [2.24, 2.45) is 5.92 Å². The van der Waals surface area contributed by atoms with Crippen LogP contribution in [0.15, 0.2) is 36.5 Å². The van der Waals surface area contributed by atoms with E-state index in [2.05, 4.69) is 48.4 Å². The van der Waals surface area contributed by atoms with Crippen LogP contribution < -0.4 is 14.5 Å². The van der Waals surface area contributed by atoms with Crippen LogP contribution in [0.25, 0.3) is 10.9 Å². The minimum Gasteiger partial charge on any atom is -0.481 e. The molecule has 0 saturated carbocycles. The summed E-state index contributed by atoms with van der Waals surface area (Å²) in [5.41, 5.74) is 2.77. The third-order valence-electron chi connectivity index (χ3n) is 6.40. The Kier molecular flexibility index (Phi) is 6.00. The molecule has 0 bridgehead atoms. The second-order valence-electron chi connectivity index (χ2n) is 8.34. The van der Waals surface area contributed by atoms with Gasteiger partial charge >= 0.3 is 0 Å². The van der Waals surface area contributed by atoms with Crippen molar-refractivity contribution in [1.82, 2.24) is 20.4 Å². The molecule has 32 heavy (non-hydrogen) atoms. The summed E-state index contributed by atoms with van der Waals surface area (Å²) in [5.74, 6) is 1.45. The van der Waals surface area contributed by atoms with Crippen LogP contribution in [0.1, 0.15) is 24.5 Å². The molecule has 0 amide bonds. The van der Waals surface area contributed by atoms with E-state index < -0.39 is 6.10 Å². The van der Waals surface area contributed by atoms with Crippen molar-refractivity contribution in [3.05, 3.63) is 42.1 Å². The largest absolute Gasteiger partial charge is 0.481 e. The number of ether oxygens (including phenoxy) is 2. The van der Waals surface area contributed by atoms with Crippen molar-refractivity contribution < 1.29 is 14.6 Å². The Morgan fingerprint density at radius 2 is 1.97 bits per heavy atom. The normalized spacial score (nSPS) is 20.4. The monoisotopic (exact) mass is 436 g/mol. The van der Waals surface area contributed by atoms with Gasteiger partial charge in [0.05, 0.1) is 26.4 Å². The van der Waals surface area contributed by atoms with Gasteiger partial charge in [0.25, 0.3) is 0 Å². The summed E-state index contributed by atoms with van der Waals surface area (Å²) in [4.78, 5) is 8.77. The molecule has 0 aliphatic carbocycles. The van der Waals surface area contributed by atoms with Crippen molar-refractivity contribution in [3.63, 3.8) is 0 Å². The third-order valence-corrected chi connectivity index (χ3v) is 6.40. The van der Waals surface area contributed by atoms with Crippen LogP contribution in [-0.2, 0) is 4.74 Å². The van der Waals surface area contributed by atoms with Gasteiger partial charge in [-0.1, -0.05) is 0 Å². The van der Waals surface area contributed by atoms with Crippen LogP contribution in [0.3, 0.4) is 0 Å². The first-order valence-electron chi connectivity index (χ1n) is 11.1. The van der Waals surface area contributed by atoms with Gasteiger partial charge in [0.2, 0.25) is 5.88 Å². The number of aromatic nitrogens is 4. The van der Waals surface area contributed by atoms with E-state index in [4.69, 9.17) is 9.47 Å². The Balaban J connectivity index is 1.36. The summed E-state index contributed by atoms with van der Waals surface area (Å²) < 4.78 is 10.6. The van der Waals surface area contributed by atoms with E-state index in [1.165, 1.54) is 0 Å². The number of aliphatic hydroxyl groups excluding tert-OH is 1. The topological polar surface area (TPSA) is 96.7 Å². The molecular weight excluding hydrogens is 408 g/mol. The molecule has 2 aromatic heterocycles. The number of hydrogen-bond acceptors (Lipinski definition) is 9. The quantitative estimate of drug-likeness (QED) is 0.646. The van der Waals surface area contributed by atoms with Gasteiger partial charge in [-0.3, -0.25) is 0 Å². The van der Waals surface area contributed by atoms with Crippen LogP contribution in [0, 0.1) is 5.92 Å². The fourth-order valence-corrected chi connectivity index (χ4v) is 4.63. The van der Waals surface area contributed by atoms with Gasteiger partial charge in [-0.25, -0.2) is 4.98 Å². The van der Waals surface area contributed by atoms with E-state index >= 15 is 0 Å². The lowest BCUT2D eigenvalue weighted by atomic mass is 9.89. The molecule has 1 N–H and O–H groups in total. The number of hydrogen-bond donors (Lipinski definition) is 1. The zero-order valence-corrected chi connectivity index (χ0v) is 18.2. The highest BCUT2D eigenvalue weighted by atomic mass is 16.5. The number of fused-ring (bicyclic) bond motifs is 1. The first kappa shape index (κ1) is 20.8. The number of morpholine rings is 1. The van der Waals surface area contributed by atoms with Crippen LogP contribution in [0.2, 0.25) is 0 Å². The summed E-state index contributed by atoms with van der Waals surface area (Å²) in [7, 11) is 1.58. The van der Waals surface area contributed by atoms with Gasteiger partial charge in [0.15, 0.2) is 5.82 Å². The van der Waals surface area contributed by atoms with E-state index in [-0.39, 0.29) is 5.92 Å². The Hall–Kier alpha value is -3.04. The predicted octanol–water partition coefficient (Wildman–Crippen LogP) is 2.21. The van der Waals surface area contributed by atoms with E-state index in [0.717, 1.165) is 73.7 Å². The SMILES string of the molecule is COc1ccc([C@@H](O)[C@H]2CCCN(c3nnnc4cc(N5CCOCC5)ccc34)C2)cn1. The fourth-order valence-electron chi connectivity index (χ4n) is 4.63. The molecule has 2 aliphatic rings. The molecule has 0 unspecified atom stereocenters. The van der Waals surface area contributed by atoms with Crippen molar-refractivity contribution in [1.29, 1.82) is 0 Å². The lowest BCUT2D eigenvalue weighted by Gasteiger charge is -2.36. The Bertz CT molecular complexity index is 1060. The number of piperidine rings is 1. The minimum absolute atomic E-state index is 0.0802. The highest BCUT2D eigenvalue weighted by molar-refractivity contribution is 5.91. The predicted molar refractivity (Wildman–Crippen MR) is 121 cm³/mol. The number of rotatable bonds is 5. The molecule has 3 aromatic rings. The summed E-state index contributed by atoms with van der Waals surface area (Å²) in [6, 6.07) is 9.96. The molecule has 168 valence electrons. The maximum absolute atomic E-state index is 11.0. The summed E-state index contributed by atoms with van der Waals surface area (Å²) in [6.45, 7) is 4.82. The maximum Gasteiger partial charge on any atom is 0.212 e. The molecule has 1 aromatic carbocycles. The number of anilines is 2. The molecule has 0 spiro atoms. The van der Waals surface area contributed by atoms with Crippen molar-refractivity contribution in [2.75, 3.05) is 56.3 Å². The summed E-state index contributed by atoms with van der Waals surface area (Å²) >= 11 is 0. The third kappa shape index (κ3) is 4.18. The standard InChI is InChI=1S/C23H28N6O3/c1-31-21-7-4-16(14-24-21)22(30)17-3-2-8-29(15-17)23-19-6-5-18(13-20(19)25-27-26-23)28-9-11-32-12-10-28/h4-7,13-14,17,22,30H,2-3,8-12,15H2,1H3/t17-,22+/m0/s1. The zero-order chi connectivity index (χ0) is 21.9. The fraction of sp³-hybridized carbons (Fsp3) is 0.478. The van der Waals surface area contributed by atoms with E-state index in [1.807, 2.05) is 6.07 Å². The smallest absolute Gasteiger partial charge is 0.212 e. The molecule has 9 heteroatoms. The molecule has 5 rings (SSSR count). The van der Waals surface area contributed by atoms with Crippen LogP contribution in [-0.4, -0.2) is 72.0 Å². The lowest BCUT2D eigenvalue weighted by Crippen LogP contribution is -2.38. The second kappa shape index (κ2) is 9.22. The first-order valence-corrected chi connectivity index (χ1v) is 11.1. The number of methoxy groups -OCH3 is 1. The van der Waals surface area contributed by atoms with Crippen LogP contribution in [0.4, 0.5) is 11.5 Å². The van der Waals surface area contributed by atoms with Crippen molar-refractivity contribution >= 4 is 22.4 Å². The zero-order valence-electron chi connectivity index (χ0n) is 18.2. The van der Waals surface area contributed by atoms with Crippen molar-refractivity contribution in [3.8, 4) is 5.88 Å². The van der Waals surface area contributed by atoms with Gasteiger partial charge in [0.1, 0.15) is 5.52 Å². The van der Waals surface area contributed by atoms with Gasteiger partial charge in [-0.15, -0.1) is 10.2 Å². The van der Waals surface area contributed by atoms with Crippen LogP contribution >= 0.6 is 0 Å². The van der Waals surface area contributed by atoms with E-state index in [9.17, 15) is 5.11 Å². The molecule has 0 radical (unpaired) electrons. The average molecular weight is 437 g/mol. The molecule has 2 saturated heterocycles. The number of nitrogens with zero attached hydrogens (tertiary/aromatic N) is 6. The number of aliphatic hydroxyl groups is 1. The van der Waals surface area contributed by atoms with Gasteiger partial charge < -0.3 is 24.4 Å². The van der Waals surface area contributed by atoms with Crippen molar-refractivity contribution in [2.45, 2.75) is 18.9 Å². The maximum atomic E-state index is 11.0. The lowest BCUT2D eigenvalue weighted by molar-refractivity contribution is 0.0976. The summed E-state index contributed by atoms with van der Waals surface area (Å²) in [5, 5.41) is 24.7. The molecule has 2 fully saturated rings. The Morgan fingerprint density at radius 3 is 2.75 bits per heavy atom. The molecule has 2 aliphatic heterocycles. The summed E-state index contributed by atoms with van der Waals surface area (Å²) in [6.07, 6.45) is 3.02. The Morgan fingerprint density at radius 1 is 1.09 bits per heavy atom. The number of benzene rings is 1. The average Bonchev–Trinajstić information content (AvgIpc) is 2.88. The second-order valence-corrected chi connectivity index (χ2v) is 8.34. The first-order chi connectivity index (χ1) is 15.7. The van der Waals surface area contributed by atoms with Gasteiger partial charge in [-0.2, -0.15) is 0 Å². The van der Waals surface area contributed by atoms with E-state index in [0.29, 0.717) is 12.4 Å². The number of pyridine rings is 1.